The number of benzene rings is 1. The molecular formula is C20H27BN4O2S. The smallest absolute Gasteiger partial charge is 0.272 e. The largest absolute Gasteiger partial charge is 0.360 e. The molecule has 0 aliphatic heterocycles. The van der Waals surface area contributed by atoms with Gasteiger partial charge in [0, 0.05) is 12.2 Å². The van der Waals surface area contributed by atoms with E-state index in [-0.39, 0.29) is 17.5 Å². The number of carbonyl (C=O) groups is 2. The Morgan fingerprint density at radius 1 is 1.11 bits per heavy atom. The van der Waals surface area contributed by atoms with E-state index in [4.69, 9.17) is 0 Å². The van der Waals surface area contributed by atoms with Crippen molar-refractivity contribution in [3.05, 3.63) is 59.7 Å². The fraction of sp³-hybridized carbons (Fsp3) is 0.400. The van der Waals surface area contributed by atoms with Crippen LogP contribution < -0.4 is 10.6 Å². The average molecular weight is 398 g/mol. The zero-order chi connectivity index (χ0) is 20.5. The Labute approximate surface area is 172 Å². The standard InChI is InChI=1S/C20H27BN4O2S/c1-13(2)8-18(21)25-19(26)16(9-14-6-4-3-5-7-14)24-20(27)17-11-22-15(12-28)10-23-17/h3-7,10-11,13,16,18,28H,8-9,12,21H2,1-2H3,(H,24,27)(H,25,26)/t16-,18-/m0/s1. The van der Waals surface area contributed by atoms with E-state index >= 15 is 0 Å². The number of nitrogens with zero attached hydrogens (tertiary/aromatic N) is 2. The van der Waals surface area contributed by atoms with Gasteiger partial charge in [0.15, 0.2) is 0 Å². The molecule has 0 fully saturated rings. The van der Waals surface area contributed by atoms with Crippen LogP contribution in [0.5, 0.6) is 0 Å². The van der Waals surface area contributed by atoms with Crippen molar-refractivity contribution in [2.45, 2.75) is 44.4 Å². The van der Waals surface area contributed by atoms with E-state index in [1.807, 2.05) is 38.2 Å². The lowest BCUT2D eigenvalue weighted by atomic mass is 9.87. The summed E-state index contributed by atoms with van der Waals surface area (Å²) in [5, 5.41) is 5.81. The van der Waals surface area contributed by atoms with Gasteiger partial charge in [0.1, 0.15) is 19.6 Å². The van der Waals surface area contributed by atoms with Crippen molar-refractivity contribution in [3.8, 4) is 0 Å². The first-order valence-corrected chi connectivity index (χ1v) is 10.1. The SMILES string of the molecule is B[C@H](CC(C)C)NC(=O)[C@H](Cc1ccccc1)NC(=O)c1cnc(CS)cn1. The molecule has 8 heteroatoms. The second-order valence-corrected chi connectivity index (χ2v) is 7.62. The summed E-state index contributed by atoms with van der Waals surface area (Å²) in [6.07, 6.45) is 4.18. The first-order valence-electron chi connectivity index (χ1n) is 9.46. The molecule has 2 atom stereocenters. The molecule has 0 radical (unpaired) electrons. The summed E-state index contributed by atoms with van der Waals surface area (Å²) in [5.41, 5.74) is 1.82. The monoisotopic (exact) mass is 398 g/mol. The molecule has 2 aromatic rings. The lowest BCUT2D eigenvalue weighted by Gasteiger charge is -2.22. The van der Waals surface area contributed by atoms with Gasteiger partial charge < -0.3 is 10.6 Å². The Balaban J connectivity index is 2.12. The summed E-state index contributed by atoms with van der Waals surface area (Å²) >= 11 is 4.13. The molecule has 28 heavy (non-hydrogen) atoms. The maximum Gasteiger partial charge on any atom is 0.272 e. The summed E-state index contributed by atoms with van der Waals surface area (Å²) in [4.78, 5) is 33.7. The van der Waals surface area contributed by atoms with Crippen LogP contribution in [0.25, 0.3) is 0 Å². The Morgan fingerprint density at radius 2 is 1.82 bits per heavy atom. The van der Waals surface area contributed by atoms with Crippen LogP contribution in [0.1, 0.15) is 42.0 Å². The van der Waals surface area contributed by atoms with Gasteiger partial charge in [0.2, 0.25) is 5.91 Å². The second-order valence-electron chi connectivity index (χ2n) is 7.31. The molecule has 6 nitrogen and oxygen atoms in total. The Bertz CT molecular complexity index is 772. The molecule has 2 amide bonds. The van der Waals surface area contributed by atoms with E-state index < -0.39 is 11.9 Å². The number of rotatable bonds is 9. The molecule has 0 unspecified atom stereocenters. The average Bonchev–Trinajstić information content (AvgIpc) is 2.67. The highest BCUT2D eigenvalue weighted by molar-refractivity contribution is 7.79. The third kappa shape index (κ3) is 7.00. The van der Waals surface area contributed by atoms with E-state index in [1.165, 1.54) is 12.4 Å². The highest BCUT2D eigenvalue weighted by Crippen LogP contribution is 2.07. The Morgan fingerprint density at radius 3 is 2.39 bits per heavy atom. The summed E-state index contributed by atoms with van der Waals surface area (Å²) in [7, 11) is 1.97. The molecule has 0 aliphatic carbocycles. The van der Waals surface area contributed by atoms with Gasteiger partial charge in [-0.1, -0.05) is 44.2 Å². The third-order valence-corrected chi connectivity index (χ3v) is 4.54. The van der Waals surface area contributed by atoms with Crippen molar-refractivity contribution < 1.29 is 9.59 Å². The number of hydrogen-bond donors (Lipinski definition) is 3. The molecule has 0 bridgehead atoms. The van der Waals surface area contributed by atoms with Gasteiger partial charge >= 0.3 is 0 Å². The van der Waals surface area contributed by atoms with Crippen molar-refractivity contribution in [1.82, 2.24) is 20.6 Å². The maximum absolute atomic E-state index is 12.8. The number of hydrogen-bond acceptors (Lipinski definition) is 5. The van der Waals surface area contributed by atoms with E-state index in [2.05, 4.69) is 47.1 Å². The zero-order valence-electron chi connectivity index (χ0n) is 16.6. The number of nitrogens with one attached hydrogen (secondary N) is 2. The van der Waals surface area contributed by atoms with Crippen LogP contribution in [-0.2, 0) is 17.0 Å². The van der Waals surface area contributed by atoms with Crippen LogP contribution in [0.4, 0.5) is 0 Å². The predicted octanol–water partition coefficient (Wildman–Crippen LogP) is 1.37. The molecule has 148 valence electrons. The van der Waals surface area contributed by atoms with Gasteiger partial charge in [-0.3, -0.25) is 14.6 Å². The normalized spacial score (nSPS) is 13.0. The predicted molar refractivity (Wildman–Crippen MR) is 116 cm³/mol. The third-order valence-electron chi connectivity index (χ3n) is 4.22. The molecule has 2 rings (SSSR count). The minimum atomic E-state index is -0.698. The van der Waals surface area contributed by atoms with Crippen molar-refractivity contribution in [2.24, 2.45) is 5.92 Å². The van der Waals surface area contributed by atoms with Crippen molar-refractivity contribution in [1.29, 1.82) is 0 Å². The van der Waals surface area contributed by atoms with Crippen LogP contribution in [0.3, 0.4) is 0 Å². The van der Waals surface area contributed by atoms with Gasteiger partial charge in [-0.15, -0.1) is 0 Å². The van der Waals surface area contributed by atoms with Gasteiger partial charge in [0.05, 0.1) is 18.1 Å². The number of amides is 2. The van der Waals surface area contributed by atoms with Crippen LogP contribution in [0.15, 0.2) is 42.7 Å². The van der Waals surface area contributed by atoms with Crippen LogP contribution in [0, 0.1) is 5.92 Å². The van der Waals surface area contributed by atoms with Crippen LogP contribution in [-0.4, -0.2) is 41.6 Å². The summed E-state index contributed by atoms with van der Waals surface area (Å²) in [5.74, 6) is 0.313. The molecule has 2 N–H and O–H groups in total. The van der Waals surface area contributed by atoms with Crippen LogP contribution in [0.2, 0.25) is 0 Å². The summed E-state index contributed by atoms with van der Waals surface area (Å²) in [6.45, 7) is 4.22. The lowest BCUT2D eigenvalue weighted by Crippen LogP contribution is -2.51. The molecule has 0 spiro atoms. The minimum absolute atomic E-state index is 0.0251. The van der Waals surface area contributed by atoms with Gasteiger partial charge in [0.25, 0.3) is 5.91 Å². The summed E-state index contributed by atoms with van der Waals surface area (Å²) in [6, 6.07) is 8.91. The van der Waals surface area contributed by atoms with Gasteiger partial charge in [-0.2, -0.15) is 12.6 Å². The Hall–Kier alpha value is -2.35. The highest BCUT2D eigenvalue weighted by Gasteiger charge is 2.24. The fourth-order valence-corrected chi connectivity index (χ4v) is 3.12. The molecular weight excluding hydrogens is 371 g/mol. The van der Waals surface area contributed by atoms with Gasteiger partial charge in [-0.05, 0) is 23.8 Å². The molecule has 0 saturated heterocycles. The molecule has 1 aromatic heterocycles. The van der Waals surface area contributed by atoms with Crippen molar-refractivity contribution in [3.63, 3.8) is 0 Å². The summed E-state index contributed by atoms with van der Waals surface area (Å²) < 4.78 is 0. The van der Waals surface area contributed by atoms with Crippen molar-refractivity contribution in [2.75, 3.05) is 0 Å². The van der Waals surface area contributed by atoms with E-state index in [0.717, 1.165) is 12.0 Å². The fourth-order valence-electron chi connectivity index (χ4n) is 2.95. The lowest BCUT2D eigenvalue weighted by molar-refractivity contribution is -0.123. The first-order chi connectivity index (χ1) is 13.4. The van der Waals surface area contributed by atoms with Gasteiger partial charge in [-0.25, -0.2) is 4.98 Å². The first kappa shape index (κ1) is 21.9. The second kappa shape index (κ2) is 10.9. The van der Waals surface area contributed by atoms with Crippen LogP contribution >= 0.6 is 12.6 Å². The Kier molecular flexibility index (Phi) is 8.51. The quantitative estimate of drug-likeness (QED) is 0.440. The zero-order valence-corrected chi connectivity index (χ0v) is 17.4. The maximum atomic E-state index is 12.8. The molecule has 0 aliphatic rings. The molecule has 1 heterocycles. The highest BCUT2D eigenvalue weighted by atomic mass is 32.1. The van der Waals surface area contributed by atoms with E-state index in [9.17, 15) is 9.59 Å². The molecule has 0 saturated carbocycles. The molecule has 1 aromatic carbocycles. The minimum Gasteiger partial charge on any atom is -0.360 e. The van der Waals surface area contributed by atoms with E-state index in [0.29, 0.717) is 23.8 Å². The number of aromatic nitrogens is 2. The van der Waals surface area contributed by atoms with Crippen molar-refractivity contribution >= 4 is 32.3 Å². The number of carbonyl (C=O) groups excluding carboxylic acids is 2. The van der Waals surface area contributed by atoms with E-state index in [1.54, 1.807) is 0 Å². The number of thiol groups is 1. The topological polar surface area (TPSA) is 84.0 Å².